The van der Waals surface area contributed by atoms with E-state index < -0.39 is 0 Å². The van der Waals surface area contributed by atoms with Gasteiger partial charge in [0.05, 0.1) is 30.8 Å². The van der Waals surface area contributed by atoms with Gasteiger partial charge < -0.3 is 28.3 Å². The van der Waals surface area contributed by atoms with Crippen molar-refractivity contribution in [2.45, 2.75) is 116 Å². The van der Waals surface area contributed by atoms with Crippen LogP contribution in [0.4, 0.5) is 0 Å². The maximum atomic E-state index is 14.4. The highest BCUT2D eigenvalue weighted by Crippen LogP contribution is 2.40. The average Bonchev–Trinajstić information content (AvgIpc) is 3.15. The first kappa shape index (κ1) is 41.3. The number of pyridine rings is 1. The Balaban J connectivity index is 1.83. The first-order chi connectivity index (χ1) is 25.0. The second kappa shape index (κ2) is 24.1. The highest BCUT2D eigenvalue weighted by Gasteiger charge is 2.24. The zero-order valence-corrected chi connectivity index (χ0v) is 31.8. The maximum Gasteiger partial charge on any atom is 0.235 e. The molecule has 280 valence electrons. The molecule has 0 atom stereocenters. The summed E-state index contributed by atoms with van der Waals surface area (Å²) in [5, 5.41) is 0.440. The summed E-state index contributed by atoms with van der Waals surface area (Å²) in [6.07, 6.45) is 25.8. The van der Waals surface area contributed by atoms with E-state index in [1.54, 1.807) is 38.5 Å². The number of rotatable bonds is 29. The van der Waals surface area contributed by atoms with Crippen molar-refractivity contribution in [2.75, 3.05) is 34.0 Å². The number of unbranched alkanes of at least 4 members (excludes halogenated alkanes) is 15. The first-order valence-corrected chi connectivity index (χ1v) is 19.2. The van der Waals surface area contributed by atoms with Gasteiger partial charge in [-0.15, -0.1) is 0 Å². The van der Waals surface area contributed by atoms with Gasteiger partial charge in [-0.1, -0.05) is 141 Å². The highest BCUT2D eigenvalue weighted by atomic mass is 16.5. The lowest BCUT2D eigenvalue weighted by Crippen LogP contribution is -2.18. The predicted molar refractivity (Wildman–Crippen MR) is 213 cm³/mol. The van der Waals surface area contributed by atoms with Crippen molar-refractivity contribution in [2.24, 2.45) is 0 Å². The van der Waals surface area contributed by atoms with E-state index in [0.29, 0.717) is 52.7 Å². The second-order valence-corrected chi connectivity index (χ2v) is 13.1. The van der Waals surface area contributed by atoms with Gasteiger partial charge in [0.25, 0.3) is 0 Å². The summed E-state index contributed by atoms with van der Waals surface area (Å²) in [6, 6.07) is 9.33. The van der Waals surface area contributed by atoms with Gasteiger partial charge in [0.2, 0.25) is 5.43 Å². The molecule has 0 saturated carbocycles. The van der Waals surface area contributed by atoms with E-state index in [1.807, 2.05) is 24.3 Å². The van der Waals surface area contributed by atoms with Gasteiger partial charge in [-0.05, 0) is 24.6 Å². The molecule has 0 bridgehead atoms. The van der Waals surface area contributed by atoms with Crippen molar-refractivity contribution in [1.29, 1.82) is 0 Å². The zero-order chi connectivity index (χ0) is 36.7. The van der Waals surface area contributed by atoms with Crippen LogP contribution in [0.3, 0.4) is 0 Å². The van der Waals surface area contributed by atoms with Gasteiger partial charge in [-0.2, -0.15) is 0 Å². The molecular weight excluding hydrogens is 638 g/mol. The van der Waals surface area contributed by atoms with E-state index in [0.717, 1.165) is 18.4 Å². The van der Waals surface area contributed by atoms with Crippen LogP contribution in [0.1, 0.15) is 110 Å². The Morgan fingerprint density at radius 2 is 1.14 bits per heavy atom. The van der Waals surface area contributed by atoms with Crippen LogP contribution in [0.15, 0.2) is 73.1 Å². The molecule has 0 saturated heterocycles. The fourth-order valence-corrected chi connectivity index (χ4v) is 6.56. The number of benzene rings is 2. The van der Waals surface area contributed by atoms with Crippen molar-refractivity contribution < 1.29 is 23.7 Å². The average molecular weight is 702 g/mol. The molecule has 0 spiro atoms. The molecule has 0 aliphatic carbocycles. The number of hydrogen-bond donors (Lipinski definition) is 0. The molecular formula is C44H63NO6. The minimum absolute atomic E-state index is 0.170. The molecule has 0 aliphatic heterocycles. The van der Waals surface area contributed by atoms with Crippen molar-refractivity contribution in [1.82, 2.24) is 4.57 Å². The second-order valence-electron chi connectivity index (χ2n) is 13.1. The zero-order valence-electron chi connectivity index (χ0n) is 31.8. The Kier molecular flexibility index (Phi) is 19.5. The summed E-state index contributed by atoms with van der Waals surface area (Å²) in [5.41, 5.74) is 1.87. The lowest BCUT2D eigenvalue weighted by atomic mass is 10.0. The van der Waals surface area contributed by atoms with E-state index in [2.05, 4.69) is 31.2 Å². The van der Waals surface area contributed by atoms with Crippen molar-refractivity contribution in [3.63, 3.8) is 0 Å². The molecule has 3 aromatic rings. The molecule has 2 aromatic carbocycles. The predicted octanol–water partition coefficient (Wildman–Crippen LogP) is 11.6. The van der Waals surface area contributed by atoms with Gasteiger partial charge in [0, 0.05) is 24.2 Å². The number of aromatic nitrogens is 1. The van der Waals surface area contributed by atoms with Crippen LogP contribution in [0, 0.1) is 0 Å². The van der Waals surface area contributed by atoms with E-state index in [1.165, 1.54) is 89.9 Å². The SMILES string of the molecule is C=CCOc1ccc(-c2c(OCC=C)c(=O)c3c(OCC=C)cc(OC)cc3n2CCCCCCCCCCCCCCCCCC)cc1OC. The third-order valence-electron chi connectivity index (χ3n) is 9.23. The van der Waals surface area contributed by atoms with E-state index >= 15 is 0 Å². The molecule has 0 fully saturated rings. The molecule has 51 heavy (non-hydrogen) atoms. The third-order valence-corrected chi connectivity index (χ3v) is 9.23. The summed E-state index contributed by atoms with van der Waals surface area (Å²) >= 11 is 0. The fraction of sp³-hybridized carbons (Fsp3) is 0.523. The van der Waals surface area contributed by atoms with E-state index in [4.69, 9.17) is 23.7 Å². The molecule has 1 aromatic heterocycles. The molecule has 0 aliphatic rings. The summed E-state index contributed by atoms with van der Waals surface area (Å²) in [4.78, 5) is 14.4. The summed E-state index contributed by atoms with van der Waals surface area (Å²) in [5.74, 6) is 2.39. The van der Waals surface area contributed by atoms with Crippen LogP contribution in [0.2, 0.25) is 0 Å². The molecule has 0 unspecified atom stereocenters. The summed E-state index contributed by atoms with van der Waals surface area (Å²) in [7, 11) is 3.22. The van der Waals surface area contributed by atoms with Crippen LogP contribution >= 0.6 is 0 Å². The molecule has 0 amide bonds. The Morgan fingerprint density at radius 3 is 1.67 bits per heavy atom. The van der Waals surface area contributed by atoms with Crippen molar-refractivity contribution in [3.8, 4) is 40.0 Å². The van der Waals surface area contributed by atoms with Crippen LogP contribution in [0.25, 0.3) is 22.2 Å². The number of nitrogens with zero attached hydrogens (tertiary/aromatic N) is 1. The van der Waals surface area contributed by atoms with Gasteiger partial charge in [0.1, 0.15) is 31.3 Å². The summed E-state index contributed by atoms with van der Waals surface area (Å²) < 4.78 is 31.7. The minimum Gasteiger partial charge on any atom is -0.497 e. The Morgan fingerprint density at radius 1 is 0.608 bits per heavy atom. The molecule has 7 heteroatoms. The van der Waals surface area contributed by atoms with Gasteiger partial charge in [0.15, 0.2) is 17.2 Å². The molecule has 0 N–H and O–H groups in total. The largest absolute Gasteiger partial charge is 0.497 e. The molecule has 1 heterocycles. The molecule has 7 nitrogen and oxygen atoms in total. The van der Waals surface area contributed by atoms with Crippen molar-refractivity contribution in [3.05, 3.63) is 78.5 Å². The van der Waals surface area contributed by atoms with Gasteiger partial charge in [-0.3, -0.25) is 4.79 Å². The van der Waals surface area contributed by atoms with E-state index in [-0.39, 0.29) is 24.4 Å². The Bertz CT molecular complexity index is 1560. The number of fused-ring (bicyclic) bond motifs is 1. The first-order valence-electron chi connectivity index (χ1n) is 19.2. The molecule has 3 rings (SSSR count). The van der Waals surface area contributed by atoms with Crippen LogP contribution < -0.4 is 29.1 Å². The smallest absolute Gasteiger partial charge is 0.235 e. The number of aryl methyl sites for hydroxylation is 1. The number of methoxy groups -OCH3 is 2. The fourth-order valence-electron chi connectivity index (χ4n) is 6.56. The number of ether oxygens (including phenoxy) is 5. The normalized spacial score (nSPS) is 11.0. The van der Waals surface area contributed by atoms with Crippen LogP contribution in [-0.2, 0) is 6.54 Å². The number of hydrogen-bond acceptors (Lipinski definition) is 6. The maximum absolute atomic E-state index is 14.4. The molecule has 0 radical (unpaired) electrons. The van der Waals surface area contributed by atoms with Crippen molar-refractivity contribution >= 4 is 10.9 Å². The van der Waals surface area contributed by atoms with E-state index in [9.17, 15) is 4.79 Å². The summed E-state index contributed by atoms with van der Waals surface area (Å²) in [6.45, 7) is 15.1. The highest BCUT2D eigenvalue weighted by molar-refractivity contribution is 5.92. The standard InChI is InChI=1S/C44H63NO6/c1-7-11-12-13-14-15-16-17-18-19-20-21-22-23-24-25-28-45-37-33-36(47-5)34-40(50-30-9-3)41(37)43(46)44(51-31-10-4)42(45)35-26-27-38(49-29-8-2)39(32-35)48-6/h8-10,26-27,32-34H,2-4,7,11-25,28-31H2,1,5-6H3. The lowest BCUT2D eigenvalue weighted by Gasteiger charge is -2.23. The third kappa shape index (κ3) is 12.9. The minimum atomic E-state index is -0.266. The van der Waals surface area contributed by atoms with Crippen LogP contribution in [-0.4, -0.2) is 38.6 Å². The Hall–Kier alpha value is -4.13. The van der Waals surface area contributed by atoms with Gasteiger partial charge >= 0.3 is 0 Å². The lowest BCUT2D eigenvalue weighted by molar-refractivity contribution is 0.326. The monoisotopic (exact) mass is 701 g/mol. The van der Waals surface area contributed by atoms with Crippen LogP contribution in [0.5, 0.6) is 28.7 Å². The quantitative estimate of drug-likeness (QED) is 0.0530. The van der Waals surface area contributed by atoms with Gasteiger partial charge in [-0.25, -0.2) is 0 Å². The topological polar surface area (TPSA) is 68.2 Å². The Labute approximate surface area is 307 Å².